The highest BCUT2D eigenvalue weighted by Crippen LogP contribution is 2.27. The molecule has 1 rings (SSSR count). The Morgan fingerprint density at radius 2 is 1.85 bits per heavy atom. The van der Waals surface area contributed by atoms with Gasteiger partial charge in [0.15, 0.2) is 0 Å². The molecule has 0 saturated heterocycles. The average molecular weight is 318 g/mol. The number of hydrogen-bond acceptors (Lipinski definition) is 4. The van der Waals surface area contributed by atoms with Gasteiger partial charge in [0.1, 0.15) is 0 Å². The number of benzene rings is 1. The second kappa shape index (κ2) is 6.24. The van der Waals surface area contributed by atoms with E-state index in [0.29, 0.717) is 16.8 Å². The second-order valence-corrected chi connectivity index (χ2v) is 8.25. The number of anilines is 1. The minimum absolute atomic E-state index is 0.226. The molecule has 0 spiro atoms. The van der Waals surface area contributed by atoms with Crippen LogP contribution in [0.2, 0.25) is 0 Å². The van der Waals surface area contributed by atoms with Gasteiger partial charge in [-0.05, 0) is 50.5 Å². The van der Waals surface area contributed by atoms with Crippen molar-refractivity contribution < 1.29 is 12.6 Å². The van der Waals surface area contributed by atoms with E-state index < -0.39 is 26.9 Å². The van der Waals surface area contributed by atoms with Crippen LogP contribution in [0.5, 0.6) is 0 Å². The standard InChI is InChI=1S/C13H22N2O3S2/c1-8-6-12(14)11(4)13(10(8)3)20(17,18)15-9(2)7-19(5)16/h6,9,15H,7,14H2,1-5H3. The van der Waals surface area contributed by atoms with E-state index in [4.69, 9.17) is 5.73 Å². The highest BCUT2D eigenvalue weighted by atomic mass is 32.2. The van der Waals surface area contributed by atoms with E-state index in [1.165, 1.54) is 0 Å². The zero-order valence-corrected chi connectivity index (χ0v) is 14.1. The van der Waals surface area contributed by atoms with E-state index in [2.05, 4.69) is 4.72 Å². The largest absolute Gasteiger partial charge is 0.398 e. The molecule has 0 saturated carbocycles. The number of aryl methyl sites for hydroxylation is 1. The van der Waals surface area contributed by atoms with Crippen LogP contribution in [0.15, 0.2) is 11.0 Å². The molecule has 0 heterocycles. The van der Waals surface area contributed by atoms with Gasteiger partial charge in [-0.1, -0.05) is 0 Å². The molecule has 0 aliphatic rings. The number of nitrogen functional groups attached to an aromatic ring is 1. The Balaban J connectivity index is 3.26. The molecule has 2 unspecified atom stereocenters. The number of sulfonamides is 1. The molecular formula is C13H22N2O3S2. The number of nitrogens with one attached hydrogen (secondary N) is 1. The molecule has 7 heteroatoms. The van der Waals surface area contributed by atoms with E-state index in [1.54, 1.807) is 33.1 Å². The summed E-state index contributed by atoms with van der Waals surface area (Å²) in [7, 11) is -4.73. The fourth-order valence-electron chi connectivity index (χ4n) is 2.15. The van der Waals surface area contributed by atoms with Crippen molar-refractivity contribution in [3.63, 3.8) is 0 Å². The first-order valence-electron chi connectivity index (χ1n) is 6.25. The van der Waals surface area contributed by atoms with Crippen molar-refractivity contribution in [2.45, 2.75) is 38.6 Å². The van der Waals surface area contributed by atoms with E-state index in [0.717, 1.165) is 5.56 Å². The van der Waals surface area contributed by atoms with Crippen molar-refractivity contribution >= 4 is 26.5 Å². The fraction of sp³-hybridized carbons (Fsp3) is 0.538. The Morgan fingerprint density at radius 3 is 2.35 bits per heavy atom. The first-order chi connectivity index (χ1) is 9.06. The van der Waals surface area contributed by atoms with Gasteiger partial charge in [-0.2, -0.15) is 0 Å². The first kappa shape index (κ1) is 17.1. The second-order valence-electron chi connectivity index (χ2n) is 5.12. The van der Waals surface area contributed by atoms with Crippen LogP contribution in [0, 0.1) is 20.8 Å². The summed E-state index contributed by atoms with van der Waals surface area (Å²) in [6.45, 7) is 6.98. The minimum Gasteiger partial charge on any atom is -0.398 e. The maximum atomic E-state index is 12.5. The smallest absolute Gasteiger partial charge is 0.241 e. The number of hydrogen-bond donors (Lipinski definition) is 2. The molecule has 0 aromatic heterocycles. The number of nitrogens with two attached hydrogens (primary N) is 1. The summed E-state index contributed by atoms with van der Waals surface area (Å²) in [6.07, 6.45) is 1.55. The molecule has 114 valence electrons. The molecule has 0 aliphatic heterocycles. The lowest BCUT2D eigenvalue weighted by Crippen LogP contribution is -2.37. The molecule has 1 aromatic rings. The van der Waals surface area contributed by atoms with E-state index in [9.17, 15) is 12.6 Å². The van der Waals surface area contributed by atoms with Crippen LogP contribution in [0.25, 0.3) is 0 Å². The normalized spacial score (nSPS) is 15.1. The van der Waals surface area contributed by atoms with E-state index >= 15 is 0 Å². The molecule has 20 heavy (non-hydrogen) atoms. The molecular weight excluding hydrogens is 296 g/mol. The summed E-state index contributed by atoms with van der Waals surface area (Å²) >= 11 is 0. The highest BCUT2D eigenvalue weighted by Gasteiger charge is 2.24. The Kier molecular flexibility index (Phi) is 5.34. The van der Waals surface area contributed by atoms with Crippen LogP contribution in [0.4, 0.5) is 5.69 Å². The summed E-state index contributed by atoms with van der Waals surface area (Å²) in [5.41, 5.74) is 8.39. The van der Waals surface area contributed by atoms with Crippen LogP contribution < -0.4 is 10.5 Å². The molecule has 3 N–H and O–H groups in total. The molecule has 0 fully saturated rings. The van der Waals surface area contributed by atoms with Crippen LogP contribution in [-0.4, -0.2) is 30.7 Å². The predicted octanol–water partition coefficient (Wildman–Crippen LogP) is 1.24. The fourth-order valence-corrected chi connectivity index (χ4v) is 4.86. The maximum absolute atomic E-state index is 12.5. The van der Waals surface area contributed by atoms with Crippen molar-refractivity contribution in [2.75, 3.05) is 17.7 Å². The highest BCUT2D eigenvalue weighted by molar-refractivity contribution is 7.89. The molecule has 2 atom stereocenters. The first-order valence-corrected chi connectivity index (χ1v) is 9.46. The Bertz CT molecular complexity index is 613. The van der Waals surface area contributed by atoms with Crippen molar-refractivity contribution in [1.29, 1.82) is 0 Å². The van der Waals surface area contributed by atoms with Crippen molar-refractivity contribution in [3.05, 3.63) is 22.8 Å². The van der Waals surface area contributed by atoms with E-state index in [-0.39, 0.29) is 10.6 Å². The molecule has 0 radical (unpaired) electrons. The van der Waals surface area contributed by atoms with E-state index in [1.807, 2.05) is 6.92 Å². The number of rotatable bonds is 5. The summed E-state index contributed by atoms with van der Waals surface area (Å²) in [4.78, 5) is 0.226. The Labute approximate surface area is 123 Å². The summed E-state index contributed by atoms with van der Waals surface area (Å²) in [6, 6.07) is 1.38. The molecule has 0 aliphatic carbocycles. The van der Waals surface area contributed by atoms with Gasteiger partial charge >= 0.3 is 0 Å². The molecule has 5 nitrogen and oxygen atoms in total. The van der Waals surface area contributed by atoms with Gasteiger partial charge in [0.25, 0.3) is 0 Å². The van der Waals surface area contributed by atoms with Crippen LogP contribution in [0.1, 0.15) is 23.6 Å². The summed E-state index contributed by atoms with van der Waals surface area (Å²) < 4.78 is 38.7. The molecule has 1 aromatic carbocycles. The van der Waals surface area contributed by atoms with Crippen LogP contribution in [0.3, 0.4) is 0 Å². The minimum atomic E-state index is -3.68. The van der Waals surface area contributed by atoms with Crippen molar-refractivity contribution in [2.24, 2.45) is 0 Å². The lowest BCUT2D eigenvalue weighted by molar-refractivity contribution is 0.568. The zero-order valence-electron chi connectivity index (χ0n) is 12.5. The lowest BCUT2D eigenvalue weighted by Gasteiger charge is -2.18. The summed E-state index contributed by atoms with van der Waals surface area (Å²) in [5, 5.41) is 0. The zero-order chi connectivity index (χ0) is 15.7. The topological polar surface area (TPSA) is 89.3 Å². The monoisotopic (exact) mass is 318 g/mol. The van der Waals surface area contributed by atoms with Crippen LogP contribution in [-0.2, 0) is 20.8 Å². The van der Waals surface area contributed by atoms with Gasteiger partial charge in [-0.15, -0.1) is 0 Å². The third-order valence-corrected chi connectivity index (χ3v) is 6.02. The third kappa shape index (κ3) is 3.80. The summed E-state index contributed by atoms with van der Waals surface area (Å²) in [5.74, 6) is 0.276. The lowest BCUT2D eigenvalue weighted by atomic mass is 10.1. The SMILES string of the molecule is Cc1cc(N)c(C)c(S(=O)(=O)NC(C)CS(C)=O)c1C. The predicted molar refractivity (Wildman–Crippen MR) is 83.8 cm³/mol. The quantitative estimate of drug-likeness (QED) is 0.799. The third-order valence-electron chi connectivity index (χ3n) is 3.19. The van der Waals surface area contributed by atoms with Gasteiger partial charge in [0, 0.05) is 34.5 Å². The van der Waals surface area contributed by atoms with Gasteiger partial charge in [-0.3, -0.25) is 4.21 Å². The van der Waals surface area contributed by atoms with Crippen molar-refractivity contribution in [1.82, 2.24) is 4.72 Å². The molecule has 0 amide bonds. The Hall–Kier alpha value is -0.920. The average Bonchev–Trinajstić information content (AvgIpc) is 2.24. The van der Waals surface area contributed by atoms with Crippen molar-refractivity contribution in [3.8, 4) is 0 Å². The van der Waals surface area contributed by atoms with Gasteiger partial charge in [0.05, 0.1) is 4.90 Å². The van der Waals surface area contributed by atoms with Gasteiger partial charge < -0.3 is 5.73 Å². The molecule has 0 bridgehead atoms. The Morgan fingerprint density at radius 1 is 1.30 bits per heavy atom. The van der Waals surface area contributed by atoms with Gasteiger partial charge in [-0.25, -0.2) is 13.1 Å². The maximum Gasteiger partial charge on any atom is 0.241 e. The van der Waals surface area contributed by atoms with Gasteiger partial charge in [0.2, 0.25) is 10.0 Å². The van der Waals surface area contributed by atoms with Crippen LogP contribution >= 0.6 is 0 Å².